The smallest absolute Gasteiger partial charge is 0.267 e. The van der Waals surface area contributed by atoms with E-state index in [1.165, 1.54) is 24.3 Å². The molecule has 0 radical (unpaired) electrons. The maximum Gasteiger partial charge on any atom is 0.267 e. The highest BCUT2D eigenvalue weighted by Crippen LogP contribution is 2.42. The van der Waals surface area contributed by atoms with Gasteiger partial charge < -0.3 is 10.3 Å². The number of carbonyl (C=O) groups is 1. The Kier molecular flexibility index (Phi) is 4.71. The molecule has 1 aromatic carbocycles. The molecule has 2 aromatic rings. The molecule has 126 valence electrons. The fourth-order valence-corrected chi connectivity index (χ4v) is 3.61. The van der Waals surface area contributed by atoms with Crippen LogP contribution in [0.3, 0.4) is 0 Å². The van der Waals surface area contributed by atoms with Crippen molar-refractivity contribution in [2.75, 3.05) is 6.54 Å². The van der Waals surface area contributed by atoms with E-state index in [1.807, 2.05) is 0 Å². The van der Waals surface area contributed by atoms with Crippen molar-refractivity contribution in [1.29, 1.82) is 0 Å². The molecule has 0 bridgehead atoms. The molecule has 0 atom stereocenters. The molecule has 1 aliphatic carbocycles. The van der Waals surface area contributed by atoms with E-state index in [1.54, 1.807) is 12.1 Å². The van der Waals surface area contributed by atoms with Gasteiger partial charge in [-0.15, -0.1) is 0 Å². The van der Waals surface area contributed by atoms with E-state index in [0.29, 0.717) is 12.1 Å². The standard InChI is InChI=1S/C18H18ClFN2O2/c19-13-6-3-5-12(16(13)20)18(9-1-2-10-18)11-21-17(24)14-7-4-8-15(23)22-14/h3-8H,1-2,9-11H2,(H,21,24)(H,22,23). The Balaban J connectivity index is 1.83. The van der Waals surface area contributed by atoms with Crippen LogP contribution in [0.5, 0.6) is 0 Å². The van der Waals surface area contributed by atoms with Crippen molar-refractivity contribution in [2.45, 2.75) is 31.1 Å². The van der Waals surface area contributed by atoms with E-state index in [9.17, 15) is 14.0 Å². The van der Waals surface area contributed by atoms with E-state index in [0.717, 1.165) is 25.7 Å². The topological polar surface area (TPSA) is 62.0 Å². The minimum Gasteiger partial charge on any atom is -0.350 e. The summed E-state index contributed by atoms with van der Waals surface area (Å²) in [4.78, 5) is 26.1. The molecule has 0 spiro atoms. The van der Waals surface area contributed by atoms with Gasteiger partial charge in [0.1, 0.15) is 11.5 Å². The number of aromatic amines is 1. The Morgan fingerprint density at radius 1 is 1.21 bits per heavy atom. The molecule has 2 N–H and O–H groups in total. The van der Waals surface area contributed by atoms with Crippen LogP contribution < -0.4 is 10.9 Å². The molecular weight excluding hydrogens is 331 g/mol. The van der Waals surface area contributed by atoms with Crippen molar-refractivity contribution in [2.24, 2.45) is 0 Å². The van der Waals surface area contributed by atoms with Gasteiger partial charge in [0.05, 0.1) is 5.02 Å². The Morgan fingerprint density at radius 3 is 2.62 bits per heavy atom. The van der Waals surface area contributed by atoms with Gasteiger partial charge in [0.25, 0.3) is 5.91 Å². The molecule has 6 heteroatoms. The van der Waals surface area contributed by atoms with Gasteiger partial charge in [-0.3, -0.25) is 9.59 Å². The number of pyridine rings is 1. The predicted octanol–water partition coefficient (Wildman–Crippen LogP) is 3.41. The third kappa shape index (κ3) is 3.22. The second-order valence-corrected chi connectivity index (χ2v) is 6.61. The van der Waals surface area contributed by atoms with Gasteiger partial charge in [-0.05, 0) is 30.5 Å². The average molecular weight is 349 g/mol. The summed E-state index contributed by atoms with van der Waals surface area (Å²) in [6.45, 7) is 0.306. The minimum absolute atomic E-state index is 0.0949. The van der Waals surface area contributed by atoms with Gasteiger partial charge in [0.15, 0.2) is 0 Å². The highest BCUT2D eigenvalue weighted by Gasteiger charge is 2.38. The second-order valence-electron chi connectivity index (χ2n) is 6.20. The van der Waals surface area contributed by atoms with Crippen LogP contribution in [0.4, 0.5) is 4.39 Å². The first-order valence-corrected chi connectivity index (χ1v) is 8.32. The van der Waals surface area contributed by atoms with Crippen molar-refractivity contribution in [3.63, 3.8) is 0 Å². The Labute approximate surface area is 144 Å². The fraction of sp³-hybridized carbons (Fsp3) is 0.333. The van der Waals surface area contributed by atoms with Crippen LogP contribution in [0.15, 0.2) is 41.2 Å². The minimum atomic E-state index is -0.459. The number of benzene rings is 1. The summed E-state index contributed by atoms with van der Waals surface area (Å²) in [7, 11) is 0. The summed E-state index contributed by atoms with van der Waals surface area (Å²) < 4.78 is 14.5. The number of H-pyrrole nitrogens is 1. The molecule has 24 heavy (non-hydrogen) atoms. The van der Waals surface area contributed by atoms with E-state index in [4.69, 9.17) is 11.6 Å². The van der Waals surface area contributed by atoms with Crippen LogP contribution in [0, 0.1) is 5.82 Å². The monoisotopic (exact) mass is 348 g/mol. The first kappa shape index (κ1) is 16.7. The lowest BCUT2D eigenvalue weighted by molar-refractivity contribution is 0.0937. The first-order valence-electron chi connectivity index (χ1n) is 7.94. The molecule has 1 fully saturated rings. The molecule has 0 aliphatic heterocycles. The van der Waals surface area contributed by atoms with Gasteiger partial charge in [0, 0.05) is 18.0 Å². The first-order chi connectivity index (χ1) is 11.5. The number of rotatable bonds is 4. The zero-order valence-corrected chi connectivity index (χ0v) is 13.8. The molecule has 1 heterocycles. The van der Waals surface area contributed by atoms with Crippen LogP contribution in [0.25, 0.3) is 0 Å². The summed E-state index contributed by atoms with van der Waals surface area (Å²) >= 11 is 5.93. The largest absolute Gasteiger partial charge is 0.350 e. The highest BCUT2D eigenvalue weighted by molar-refractivity contribution is 6.30. The Morgan fingerprint density at radius 2 is 1.92 bits per heavy atom. The van der Waals surface area contributed by atoms with Gasteiger partial charge >= 0.3 is 0 Å². The SMILES string of the molecule is O=C(NCC1(c2cccc(Cl)c2F)CCCC1)c1cccc(=O)[nH]1. The van der Waals surface area contributed by atoms with Gasteiger partial charge in [-0.2, -0.15) is 0 Å². The third-order valence-corrected chi connectivity index (χ3v) is 4.98. The summed E-state index contributed by atoms with van der Waals surface area (Å²) in [5.41, 5.74) is -0.0459. The van der Waals surface area contributed by atoms with Crippen molar-refractivity contribution < 1.29 is 9.18 Å². The van der Waals surface area contributed by atoms with E-state index in [2.05, 4.69) is 10.3 Å². The van der Waals surface area contributed by atoms with Crippen LogP contribution in [-0.4, -0.2) is 17.4 Å². The van der Waals surface area contributed by atoms with Crippen LogP contribution in [0.2, 0.25) is 5.02 Å². The number of hydrogen-bond donors (Lipinski definition) is 2. The van der Waals surface area contributed by atoms with Crippen molar-refractivity contribution in [3.8, 4) is 0 Å². The maximum absolute atomic E-state index is 14.5. The number of halogens is 2. The molecule has 1 aliphatic rings. The van der Waals surface area contributed by atoms with Crippen LogP contribution >= 0.6 is 11.6 Å². The molecule has 1 amide bonds. The Hall–Kier alpha value is -2.14. The van der Waals surface area contributed by atoms with Gasteiger partial charge in [0.2, 0.25) is 5.56 Å². The van der Waals surface area contributed by atoms with Crippen LogP contribution in [0.1, 0.15) is 41.7 Å². The van der Waals surface area contributed by atoms with Crippen molar-refractivity contribution >= 4 is 17.5 Å². The normalized spacial score (nSPS) is 16.1. The summed E-state index contributed by atoms with van der Waals surface area (Å²) in [6.07, 6.45) is 3.53. The summed E-state index contributed by atoms with van der Waals surface area (Å²) in [6, 6.07) is 9.40. The number of hydrogen-bond acceptors (Lipinski definition) is 2. The van der Waals surface area contributed by atoms with Crippen molar-refractivity contribution in [1.82, 2.24) is 10.3 Å². The lowest BCUT2D eigenvalue weighted by Gasteiger charge is -2.30. The Bertz CT molecular complexity index is 813. The predicted molar refractivity (Wildman–Crippen MR) is 91.0 cm³/mol. The molecule has 0 unspecified atom stereocenters. The van der Waals surface area contributed by atoms with E-state index >= 15 is 0 Å². The molecule has 1 saturated carbocycles. The second kappa shape index (κ2) is 6.77. The molecule has 4 nitrogen and oxygen atoms in total. The number of aromatic nitrogens is 1. The summed E-state index contributed by atoms with van der Waals surface area (Å²) in [5, 5.41) is 2.93. The van der Waals surface area contributed by atoms with Crippen molar-refractivity contribution in [3.05, 3.63) is 68.8 Å². The van der Waals surface area contributed by atoms with E-state index < -0.39 is 11.2 Å². The average Bonchev–Trinajstić information content (AvgIpc) is 3.05. The highest BCUT2D eigenvalue weighted by atomic mass is 35.5. The molecular formula is C18H18ClFN2O2. The number of nitrogens with one attached hydrogen (secondary N) is 2. The molecule has 3 rings (SSSR count). The lowest BCUT2D eigenvalue weighted by atomic mass is 9.78. The summed E-state index contributed by atoms with van der Waals surface area (Å²) in [5.74, 6) is -0.787. The third-order valence-electron chi connectivity index (χ3n) is 4.68. The number of amides is 1. The van der Waals surface area contributed by atoms with E-state index in [-0.39, 0.29) is 22.2 Å². The maximum atomic E-state index is 14.5. The zero-order chi connectivity index (χ0) is 17.2. The molecule has 1 aromatic heterocycles. The quantitative estimate of drug-likeness (QED) is 0.889. The fourth-order valence-electron chi connectivity index (χ4n) is 3.43. The van der Waals surface area contributed by atoms with Gasteiger partial charge in [-0.1, -0.05) is 42.6 Å². The zero-order valence-electron chi connectivity index (χ0n) is 13.1. The lowest BCUT2D eigenvalue weighted by Crippen LogP contribution is -2.40. The number of carbonyl (C=O) groups excluding carboxylic acids is 1. The van der Waals surface area contributed by atoms with Gasteiger partial charge in [-0.25, -0.2) is 4.39 Å². The molecule has 0 saturated heterocycles. The van der Waals surface area contributed by atoms with Crippen LogP contribution in [-0.2, 0) is 5.41 Å².